The molecule has 0 unspecified atom stereocenters. The second-order valence-corrected chi connectivity index (χ2v) is 6.50. The Hall–Kier alpha value is -3.40. The number of anilines is 1. The highest BCUT2D eigenvalue weighted by atomic mass is 16.2. The highest BCUT2D eigenvalue weighted by molar-refractivity contribution is 6.05. The molecule has 0 saturated carbocycles. The molecule has 1 aromatic heterocycles. The molecule has 28 heavy (non-hydrogen) atoms. The van der Waals surface area contributed by atoms with Crippen molar-refractivity contribution in [3.63, 3.8) is 0 Å². The Morgan fingerprint density at radius 1 is 1.14 bits per heavy atom. The van der Waals surface area contributed by atoms with E-state index in [1.807, 2.05) is 19.9 Å². The molecule has 0 aliphatic rings. The molecular formula is C21H24N4O3. The zero-order valence-electron chi connectivity index (χ0n) is 16.4. The molecule has 7 heteroatoms. The maximum atomic E-state index is 12.8. The van der Waals surface area contributed by atoms with E-state index in [2.05, 4.69) is 5.32 Å². The lowest BCUT2D eigenvalue weighted by molar-refractivity contribution is 0.0754. The summed E-state index contributed by atoms with van der Waals surface area (Å²) in [5.74, 6) is -0.695. The number of hydrogen-bond acceptors (Lipinski definition) is 4. The van der Waals surface area contributed by atoms with Crippen LogP contribution in [0.4, 0.5) is 5.69 Å². The predicted octanol–water partition coefficient (Wildman–Crippen LogP) is 2.77. The summed E-state index contributed by atoms with van der Waals surface area (Å²) >= 11 is 0. The minimum atomic E-state index is -0.516. The Kier molecular flexibility index (Phi) is 7.10. The first kappa shape index (κ1) is 20.9. The van der Waals surface area contributed by atoms with Crippen molar-refractivity contribution in [2.24, 2.45) is 7.05 Å². The lowest BCUT2D eigenvalue weighted by Crippen LogP contribution is -2.34. The summed E-state index contributed by atoms with van der Waals surface area (Å²) < 4.78 is 1.28. The van der Waals surface area contributed by atoms with Crippen LogP contribution in [0.1, 0.15) is 53.0 Å². The number of hydrogen-bond donors (Lipinski definition) is 1. The fourth-order valence-corrected chi connectivity index (χ4v) is 2.88. The minimum Gasteiger partial charge on any atom is -0.339 e. The predicted molar refractivity (Wildman–Crippen MR) is 107 cm³/mol. The van der Waals surface area contributed by atoms with Crippen LogP contribution in [0.3, 0.4) is 0 Å². The zero-order chi connectivity index (χ0) is 20.7. The Labute approximate surface area is 164 Å². The Bertz CT molecular complexity index is 966. The SMILES string of the molecule is CCCN(CCC)C(=O)c1cc(NC(=O)c2cccc(C#N)c2)c(=O)n(C)c1. The average molecular weight is 380 g/mol. The van der Waals surface area contributed by atoms with Crippen molar-refractivity contribution in [1.82, 2.24) is 9.47 Å². The molecule has 0 saturated heterocycles. The van der Waals surface area contributed by atoms with Crippen LogP contribution in [-0.4, -0.2) is 34.4 Å². The molecule has 146 valence electrons. The Balaban J connectivity index is 2.35. The van der Waals surface area contributed by atoms with Gasteiger partial charge in [-0.1, -0.05) is 19.9 Å². The van der Waals surface area contributed by atoms with Crippen LogP contribution in [0.2, 0.25) is 0 Å². The highest BCUT2D eigenvalue weighted by Gasteiger charge is 2.18. The van der Waals surface area contributed by atoms with Crippen molar-refractivity contribution in [3.05, 3.63) is 63.6 Å². The molecule has 0 spiro atoms. The van der Waals surface area contributed by atoms with Gasteiger partial charge in [0.25, 0.3) is 17.4 Å². The topological polar surface area (TPSA) is 95.2 Å². The van der Waals surface area contributed by atoms with Crippen LogP contribution in [0.5, 0.6) is 0 Å². The molecule has 2 amide bonds. The molecular weight excluding hydrogens is 356 g/mol. The smallest absolute Gasteiger partial charge is 0.274 e. The van der Waals surface area contributed by atoms with Crippen LogP contribution >= 0.6 is 0 Å². The van der Waals surface area contributed by atoms with Gasteiger partial charge < -0.3 is 14.8 Å². The number of carbonyl (C=O) groups excluding carboxylic acids is 2. The Morgan fingerprint density at radius 3 is 2.43 bits per heavy atom. The molecule has 0 aliphatic carbocycles. The molecule has 0 bridgehead atoms. The van der Waals surface area contributed by atoms with E-state index in [1.54, 1.807) is 23.1 Å². The van der Waals surface area contributed by atoms with Crippen LogP contribution in [0.15, 0.2) is 41.3 Å². The van der Waals surface area contributed by atoms with E-state index < -0.39 is 11.5 Å². The van der Waals surface area contributed by atoms with Gasteiger partial charge in [0.05, 0.1) is 17.2 Å². The fraction of sp³-hybridized carbons (Fsp3) is 0.333. The summed E-state index contributed by atoms with van der Waals surface area (Å²) in [6.07, 6.45) is 3.14. The van der Waals surface area contributed by atoms with E-state index in [0.29, 0.717) is 24.2 Å². The van der Waals surface area contributed by atoms with Gasteiger partial charge in [-0.05, 0) is 37.1 Å². The summed E-state index contributed by atoms with van der Waals surface area (Å²) in [4.78, 5) is 39.5. The Morgan fingerprint density at radius 2 is 1.82 bits per heavy atom. The van der Waals surface area contributed by atoms with E-state index in [9.17, 15) is 14.4 Å². The van der Waals surface area contributed by atoms with Gasteiger partial charge in [0.2, 0.25) is 0 Å². The number of carbonyl (C=O) groups is 2. The molecule has 0 radical (unpaired) electrons. The summed E-state index contributed by atoms with van der Waals surface area (Å²) in [5.41, 5.74) is 0.549. The van der Waals surface area contributed by atoms with E-state index >= 15 is 0 Å². The lowest BCUT2D eigenvalue weighted by atomic mass is 10.1. The van der Waals surface area contributed by atoms with Crippen molar-refractivity contribution >= 4 is 17.5 Å². The van der Waals surface area contributed by atoms with Gasteiger partial charge in [-0.25, -0.2) is 0 Å². The van der Waals surface area contributed by atoms with E-state index in [4.69, 9.17) is 5.26 Å². The lowest BCUT2D eigenvalue weighted by Gasteiger charge is -2.22. The summed E-state index contributed by atoms with van der Waals surface area (Å²) in [7, 11) is 1.54. The zero-order valence-corrected chi connectivity index (χ0v) is 16.4. The first-order chi connectivity index (χ1) is 13.4. The summed E-state index contributed by atoms with van der Waals surface area (Å²) in [6, 6.07) is 9.57. The molecule has 2 aromatic rings. The maximum absolute atomic E-state index is 12.8. The summed E-state index contributed by atoms with van der Waals surface area (Å²) in [6.45, 7) is 5.24. The molecule has 1 aromatic carbocycles. The molecule has 2 rings (SSSR count). The number of nitrogens with zero attached hydrogens (tertiary/aromatic N) is 3. The van der Waals surface area contributed by atoms with E-state index in [-0.39, 0.29) is 17.2 Å². The molecule has 1 N–H and O–H groups in total. The highest BCUT2D eigenvalue weighted by Crippen LogP contribution is 2.12. The van der Waals surface area contributed by atoms with Crippen molar-refractivity contribution in [3.8, 4) is 6.07 Å². The van der Waals surface area contributed by atoms with Crippen LogP contribution in [0, 0.1) is 11.3 Å². The van der Waals surface area contributed by atoms with Gasteiger partial charge in [-0.3, -0.25) is 14.4 Å². The van der Waals surface area contributed by atoms with Crippen molar-refractivity contribution in [1.29, 1.82) is 5.26 Å². The van der Waals surface area contributed by atoms with Crippen LogP contribution < -0.4 is 10.9 Å². The molecule has 7 nitrogen and oxygen atoms in total. The number of nitrogens with one attached hydrogen (secondary N) is 1. The van der Waals surface area contributed by atoms with E-state index in [0.717, 1.165) is 12.8 Å². The number of aryl methyl sites for hydroxylation is 1. The number of aromatic nitrogens is 1. The maximum Gasteiger partial charge on any atom is 0.274 e. The molecule has 0 fully saturated rings. The van der Waals surface area contributed by atoms with Crippen molar-refractivity contribution in [2.45, 2.75) is 26.7 Å². The molecule has 0 atom stereocenters. The van der Waals surface area contributed by atoms with Gasteiger partial charge in [-0.2, -0.15) is 5.26 Å². The second-order valence-electron chi connectivity index (χ2n) is 6.50. The number of benzene rings is 1. The standard InChI is InChI=1S/C21H24N4O3/c1-4-9-25(10-5-2)20(27)17-12-18(21(28)24(3)14-17)23-19(26)16-8-6-7-15(11-16)13-22/h6-8,11-12,14H,4-5,9-10H2,1-3H3,(H,23,26). The largest absolute Gasteiger partial charge is 0.339 e. The number of rotatable bonds is 7. The molecule has 0 aliphatic heterocycles. The van der Waals surface area contributed by atoms with Gasteiger partial charge in [-0.15, -0.1) is 0 Å². The second kappa shape index (κ2) is 9.51. The fourth-order valence-electron chi connectivity index (χ4n) is 2.88. The van der Waals surface area contributed by atoms with Gasteiger partial charge >= 0.3 is 0 Å². The third-order valence-corrected chi connectivity index (χ3v) is 4.21. The van der Waals surface area contributed by atoms with Crippen molar-refractivity contribution in [2.75, 3.05) is 18.4 Å². The third-order valence-electron chi connectivity index (χ3n) is 4.21. The summed E-state index contributed by atoms with van der Waals surface area (Å²) in [5, 5.41) is 11.5. The van der Waals surface area contributed by atoms with Gasteiger partial charge in [0.1, 0.15) is 5.69 Å². The number of amides is 2. The minimum absolute atomic E-state index is 0.0219. The monoisotopic (exact) mass is 380 g/mol. The average Bonchev–Trinajstić information content (AvgIpc) is 2.70. The first-order valence-electron chi connectivity index (χ1n) is 9.22. The molecule has 1 heterocycles. The van der Waals surface area contributed by atoms with Crippen LogP contribution in [-0.2, 0) is 7.05 Å². The van der Waals surface area contributed by atoms with Gasteiger partial charge in [0.15, 0.2) is 0 Å². The van der Waals surface area contributed by atoms with E-state index in [1.165, 1.54) is 29.9 Å². The third kappa shape index (κ3) is 4.86. The first-order valence-corrected chi connectivity index (χ1v) is 9.22. The van der Waals surface area contributed by atoms with Crippen LogP contribution in [0.25, 0.3) is 0 Å². The van der Waals surface area contributed by atoms with Gasteiger partial charge in [0, 0.05) is 31.9 Å². The number of nitriles is 1. The normalized spacial score (nSPS) is 10.2. The van der Waals surface area contributed by atoms with Crippen molar-refractivity contribution < 1.29 is 9.59 Å². The quantitative estimate of drug-likeness (QED) is 0.799. The number of pyridine rings is 1.